The number of benzene rings is 1. The van der Waals surface area contributed by atoms with Gasteiger partial charge in [0, 0.05) is 30.9 Å². The van der Waals surface area contributed by atoms with Crippen LogP contribution in [-0.2, 0) is 9.84 Å². The molecule has 4 nitrogen and oxygen atoms in total. The smallest absolute Gasteiger partial charge is 0.164 e. The van der Waals surface area contributed by atoms with Crippen molar-refractivity contribution < 1.29 is 13.5 Å². The predicted molar refractivity (Wildman–Crippen MR) is 88.3 cm³/mol. The first-order valence-electron chi connectivity index (χ1n) is 7.14. The van der Waals surface area contributed by atoms with Crippen LogP contribution in [0.5, 0.6) is 0 Å². The van der Waals surface area contributed by atoms with Crippen LogP contribution < -0.4 is 0 Å². The summed E-state index contributed by atoms with van der Waals surface area (Å²) in [7, 11) is -3.07. The molecule has 0 spiro atoms. The summed E-state index contributed by atoms with van der Waals surface area (Å²) in [6.07, 6.45) is 1.32. The van der Waals surface area contributed by atoms with E-state index in [0.717, 1.165) is 23.4 Å². The number of hydrogen-bond acceptors (Lipinski definition) is 5. The Balaban J connectivity index is 1.99. The van der Waals surface area contributed by atoms with Gasteiger partial charge in [0.25, 0.3) is 0 Å². The number of thioether (sulfide) groups is 1. The van der Waals surface area contributed by atoms with E-state index in [1.165, 1.54) is 6.26 Å². The number of aliphatic hydroxyl groups excluding tert-OH is 1. The van der Waals surface area contributed by atoms with Crippen molar-refractivity contribution in [1.82, 2.24) is 4.90 Å². The van der Waals surface area contributed by atoms with Crippen molar-refractivity contribution in [2.75, 3.05) is 30.9 Å². The van der Waals surface area contributed by atoms with Gasteiger partial charge in [-0.1, -0.05) is 24.3 Å². The summed E-state index contributed by atoms with van der Waals surface area (Å²) in [6.45, 7) is 3.35. The molecule has 1 aromatic carbocycles. The average Bonchev–Trinajstić information content (AvgIpc) is 2.44. The summed E-state index contributed by atoms with van der Waals surface area (Å²) in [6, 6.07) is 7.78. The van der Waals surface area contributed by atoms with Crippen molar-refractivity contribution in [1.29, 1.82) is 0 Å². The SMILES string of the molecule is Cc1ccccc1C(O)CCN1CCSCC1S(C)(=O)=O. The second-order valence-corrected chi connectivity index (χ2v) is 8.91. The first-order valence-corrected chi connectivity index (χ1v) is 10.2. The number of nitrogens with zero attached hydrogens (tertiary/aromatic N) is 1. The van der Waals surface area contributed by atoms with Gasteiger partial charge in [0.15, 0.2) is 9.84 Å². The highest BCUT2D eigenvalue weighted by Crippen LogP contribution is 2.24. The summed E-state index contributed by atoms with van der Waals surface area (Å²) < 4.78 is 23.7. The first-order chi connectivity index (χ1) is 9.89. The monoisotopic (exact) mass is 329 g/mol. The zero-order chi connectivity index (χ0) is 15.5. The zero-order valence-electron chi connectivity index (χ0n) is 12.5. The number of rotatable bonds is 5. The molecule has 0 amide bonds. The standard InChI is InChI=1S/C15H23NO3S2/c1-12-5-3-4-6-13(12)14(17)7-8-16-9-10-20-11-15(16)21(2,18)19/h3-6,14-15,17H,7-11H2,1-2H3. The van der Waals surface area contributed by atoms with Crippen LogP contribution in [0.3, 0.4) is 0 Å². The van der Waals surface area contributed by atoms with E-state index in [9.17, 15) is 13.5 Å². The molecule has 2 rings (SSSR count). The Morgan fingerprint density at radius 2 is 2.14 bits per heavy atom. The third-order valence-corrected chi connectivity index (χ3v) is 6.61. The van der Waals surface area contributed by atoms with E-state index >= 15 is 0 Å². The molecule has 1 N–H and O–H groups in total. The summed E-state index contributed by atoms with van der Waals surface area (Å²) in [5.41, 5.74) is 2.00. The van der Waals surface area contributed by atoms with Gasteiger partial charge in [-0.25, -0.2) is 8.42 Å². The van der Waals surface area contributed by atoms with E-state index < -0.39 is 21.3 Å². The molecule has 0 aliphatic carbocycles. The van der Waals surface area contributed by atoms with E-state index in [-0.39, 0.29) is 0 Å². The van der Waals surface area contributed by atoms with Crippen LogP contribution in [0.2, 0.25) is 0 Å². The van der Waals surface area contributed by atoms with Crippen LogP contribution in [0, 0.1) is 6.92 Å². The molecule has 1 aliphatic heterocycles. The average molecular weight is 329 g/mol. The summed E-state index contributed by atoms with van der Waals surface area (Å²) >= 11 is 1.68. The van der Waals surface area contributed by atoms with Crippen molar-refractivity contribution in [2.45, 2.75) is 24.8 Å². The number of aryl methyl sites for hydroxylation is 1. The van der Waals surface area contributed by atoms with Crippen LogP contribution in [0.4, 0.5) is 0 Å². The molecule has 0 saturated carbocycles. The molecule has 118 valence electrons. The highest BCUT2D eigenvalue weighted by Gasteiger charge is 2.31. The lowest BCUT2D eigenvalue weighted by Crippen LogP contribution is -2.47. The third-order valence-electron chi connectivity index (χ3n) is 3.92. The Morgan fingerprint density at radius 3 is 2.81 bits per heavy atom. The molecule has 2 unspecified atom stereocenters. The normalized spacial score (nSPS) is 22.1. The van der Waals surface area contributed by atoms with Gasteiger partial charge in [-0.15, -0.1) is 0 Å². The molecule has 0 radical (unpaired) electrons. The first kappa shape index (κ1) is 16.8. The predicted octanol–water partition coefficient (Wildman–Crippen LogP) is 1.84. The molecule has 1 aliphatic rings. The fourth-order valence-corrected chi connectivity index (χ4v) is 5.64. The fraction of sp³-hybridized carbons (Fsp3) is 0.600. The molecule has 21 heavy (non-hydrogen) atoms. The molecular weight excluding hydrogens is 306 g/mol. The van der Waals surface area contributed by atoms with Gasteiger partial charge in [0.05, 0.1) is 6.10 Å². The number of sulfone groups is 1. The minimum atomic E-state index is -3.07. The van der Waals surface area contributed by atoms with E-state index in [0.29, 0.717) is 18.7 Å². The lowest BCUT2D eigenvalue weighted by atomic mass is 10.0. The van der Waals surface area contributed by atoms with Crippen molar-refractivity contribution in [3.63, 3.8) is 0 Å². The highest BCUT2D eigenvalue weighted by atomic mass is 32.2. The second-order valence-electron chi connectivity index (χ2n) is 5.56. The minimum absolute atomic E-state index is 0.416. The fourth-order valence-electron chi connectivity index (χ4n) is 2.67. The van der Waals surface area contributed by atoms with E-state index in [1.54, 1.807) is 11.8 Å². The van der Waals surface area contributed by atoms with Crippen molar-refractivity contribution >= 4 is 21.6 Å². The lowest BCUT2D eigenvalue weighted by molar-refractivity contribution is 0.140. The maximum absolute atomic E-state index is 11.8. The maximum Gasteiger partial charge on any atom is 0.164 e. The second kappa shape index (κ2) is 7.13. The van der Waals surface area contributed by atoms with Gasteiger partial charge in [0.2, 0.25) is 0 Å². The Kier molecular flexibility index (Phi) is 5.71. The Morgan fingerprint density at radius 1 is 1.43 bits per heavy atom. The van der Waals surface area contributed by atoms with Crippen LogP contribution in [0.15, 0.2) is 24.3 Å². The highest BCUT2D eigenvalue weighted by molar-refractivity contribution is 8.00. The van der Waals surface area contributed by atoms with Crippen LogP contribution in [0.1, 0.15) is 23.7 Å². The van der Waals surface area contributed by atoms with Crippen molar-refractivity contribution in [3.05, 3.63) is 35.4 Å². The van der Waals surface area contributed by atoms with Gasteiger partial charge in [0.1, 0.15) is 5.37 Å². The van der Waals surface area contributed by atoms with E-state index in [4.69, 9.17) is 0 Å². The van der Waals surface area contributed by atoms with E-state index in [2.05, 4.69) is 0 Å². The Hall–Kier alpha value is -0.560. The van der Waals surface area contributed by atoms with Crippen molar-refractivity contribution in [3.8, 4) is 0 Å². The zero-order valence-corrected chi connectivity index (χ0v) is 14.2. The summed E-state index contributed by atoms with van der Waals surface area (Å²) in [5.74, 6) is 1.58. The number of hydrogen-bond donors (Lipinski definition) is 1. The molecule has 1 fully saturated rings. The van der Waals surface area contributed by atoms with Crippen molar-refractivity contribution in [2.24, 2.45) is 0 Å². The van der Waals surface area contributed by atoms with Gasteiger partial charge in [-0.2, -0.15) is 11.8 Å². The quantitative estimate of drug-likeness (QED) is 0.893. The molecular formula is C15H23NO3S2. The Labute approximate surface area is 131 Å². The molecule has 1 heterocycles. The maximum atomic E-state index is 11.8. The molecule has 1 saturated heterocycles. The number of aliphatic hydroxyl groups is 1. The van der Waals surface area contributed by atoms with Gasteiger partial charge < -0.3 is 5.11 Å². The third kappa shape index (κ3) is 4.45. The van der Waals surface area contributed by atoms with E-state index in [1.807, 2.05) is 36.1 Å². The minimum Gasteiger partial charge on any atom is -0.388 e. The summed E-state index contributed by atoms with van der Waals surface area (Å²) in [4.78, 5) is 1.99. The Bertz CT molecular complexity index is 574. The molecule has 0 aromatic heterocycles. The molecule has 1 aromatic rings. The lowest BCUT2D eigenvalue weighted by Gasteiger charge is -2.34. The molecule has 0 bridgehead atoms. The van der Waals surface area contributed by atoms with Crippen LogP contribution >= 0.6 is 11.8 Å². The van der Waals surface area contributed by atoms with Gasteiger partial charge in [-0.3, -0.25) is 4.90 Å². The topological polar surface area (TPSA) is 57.6 Å². The summed E-state index contributed by atoms with van der Waals surface area (Å²) in [5, 5.41) is 9.92. The van der Waals surface area contributed by atoms with Gasteiger partial charge in [-0.05, 0) is 24.5 Å². The van der Waals surface area contributed by atoms with Crippen LogP contribution in [-0.4, -0.2) is 54.6 Å². The van der Waals surface area contributed by atoms with Gasteiger partial charge >= 0.3 is 0 Å². The molecule has 2 atom stereocenters. The largest absolute Gasteiger partial charge is 0.388 e. The van der Waals surface area contributed by atoms with Crippen LogP contribution in [0.25, 0.3) is 0 Å². The molecule has 6 heteroatoms.